The average molecular weight is 495 g/mol. The van der Waals surface area contributed by atoms with E-state index in [4.69, 9.17) is 9.84 Å². The van der Waals surface area contributed by atoms with Crippen molar-refractivity contribution in [1.29, 1.82) is 0 Å². The van der Waals surface area contributed by atoms with Crippen LogP contribution in [0.15, 0.2) is 48.5 Å². The summed E-state index contributed by atoms with van der Waals surface area (Å²) in [5, 5.41) is 15.7. The highest BCUT2D eigenvalue weighted by molar-refractivity contribution is 5.97. The van der Waals surface area contributed by atoms with E-state index < -0.39 is 41.7 Å². The van der Waals surface area contributed by atoms with E-state index in [9.17, 15) is 32.3 Å². The molecular formula is C23H24F3N3O6. The second-order valence-corrected chi connectivity index (χ2v) is 8.42. The number of amides is 3. The Morgan fingerprint density at radius 1 is 0.886 bits per heavy atom. The van der Waals surface area contributed by atoms with E-state index in [-0.39, 0.29) is 23.4 Å². The van der Waals surface area contributed by atoms with Gasteiger partial charge >= 0.3 is 24.1 Å². The van der Waals surface area contributed by atoms with Crippen molar-refractivity contribution in [2.45, 2.75) is 45.0 Å². The Kier molecular flexibility index (Phi) is 8.45. The number of carbonyl (C=O) groups excluding carboxylic acids is 3. The van der Waals surface area contributed by atoms with Crippen LogP contribution in [0.5, 0.6) is 0 Å². The van der Waals surface area contributed by atoms with Crippen molar-refractivity contribution >= 4 is 35.3 Å². The van der Waals surface area contributed by atoms with Crippen LogP contribution in [0.2, 0.25) is 0 Å². The normalized spacial score (nSPS) is 12.3. The monoisotopic (exact) mass is 495 g/mol. The van der Waals surface area contributed by atoms with Gasteiger partial charge in [-0.3, -0.25) is 9.59 Å². The molecule has 0 aliphatic carbocycles. The van der Waals surface area contributed by atoms with Gasteiger partial charge in [0.25, 0.3) is 0 Å². The van der Waals surface area contributed by atoms with E-state index in [2.05, 4.69) is 10.6 Å². The third-order valence-electron chi connectivity index (χ3n) is 4.32. The lowest BCUT2D eigenvalue weighted by Gasteiger charge is -2.23. The minimum atomic E-state index is -5.04. The molecule has 0 saturated heterocycles. The summed E-state index contributed by atoms with van der Waals surface area (Å²) in [5.41, 5.74) is -0.177. The average Bonchev–Trinajstić information content (AvgIpc) is 2.73. The highest BCUT2D eigenvalue weighted by Crippen LogP contribution is 2.19. The summed E-state index contributed by atoms with van der Waals surface area (Å²) in [6, 6.07) is 9.44. The molecule has 0 aliphatic heterocycles. The van der Waals surface area contributed by atoms with E-state index in [0.717, 1.165) is 0 Å². The van der Waals surface area contributed by atoms with Crippen molar-refractivity contribution in [3.05, 3.63) is 59.7 Å². The molecule has 12 heteroatoms. The zero-order valence-electron chi connectivity index (χ0n) is 19.0. The van der Waals surface area contributed by atoms with Gasteiger partial charge in [-0.05, 0) is 62.7 Å². The summed E-state index contributed by atoms with van der Waals surface area (Å²) in [6.45, 7) is 4.92. The Morgan fingerprint density at radius 2 is 1.40 bits per heavy atom. The third kappa shape index (κ3) is 8.99. The van der Waals surface area contributed by atoms with Crippen LogP contribution in [-0.2, 0) is 20.7 Å². The van der Waals surface area contributed by atoms with Crippen molar-refractivity contribution < 1.29 is 42.2 Å². The molecule has 4 N–H and O–H groups in total. The van der Waals surface area contributed by atoms with E-state index in [1.165, 1.54) is 48.5 Å². The van der Waals surface area contributed by atoms with Gasteiger partial charge in [-0.25, -0.2) is 9.59 Å². The van der Waals surface area contributed by atoms with E-state index in [1.54, 1.807) is 26.1 Å². The van der Waals surface area contributed by atoms with Gasteiger partial charge < -0.3 is 25.8 Å². The fraction of sp³-hybridized carbons (Fsp3) is 0.304. The Morgan fingerprint density at radius 3 is 1.89 bits per heavy atom. The number of hydrogen-bond acceptors (Lipinski definition) is 5. The van der Waals surface area contributed by atoms with Crippen LogP contribution in [0.3, 0.4) is 0 Å². The fourth-order valence-electron chi connectivity index (χ4n) is 2.75. The van der Waals surface area contributed by atoms with Gasteiger partial charge in [0.1, 0.15) is 11.6 Å². The molecule has 0 aliphatic rings. The number of carbonyl (C=O) groups is 4. The maximum absolute atomic E-state index is 12.9. The summed E-state index contributed by atoms with van der Waals surface area (Å²) in [6.07, 6.45) is -5.97. The number of alkyl halides is 3. The zero-order chi connectivity index (χ0) is 26.4. The number of rotatable bonds is 7. The highest BCUT2D eigenvalue weighted by Gasteiger charge is 2.38. The topological polar surface area (TPSA) is 134 Å². The summed E-state index contributed by atoms with van der Waals surface area (Å²) < 4.78 is 42.4. The molecule has 35 heavy (non-hydrogen) atoms. The first-order valence-corrected chi connectivity index (χ1v) is 10.2. The van der Waals surface area contributed by atoms with Gasteiger partial charge in [0.05, 0.1) is 5.56 Å². The zero-order valence-corrected chi connectivity index (χ0v) is 19.0. The van der Waals surface area contributed by atoms with Crippen molar-refractivity contribution in [1.82, 2.24) is 5.32 Å². The van der Waals surface area contributed by atoms with E-state index in [0.29, 0.717) is 5.56 Å². The molecule has 0 heterocycles. The fourth-order valence-corrected chi connectivity index (χ4v) is 2.75. The molecule has 0 aromatic heterocycles. The predicted molar refractivity (Wildman–Crippen MR) is 120 cm³/mol. The van der Waals surface area contributed by atoms with Crippen molar-refractivity contribution in [2.24, 2.45) is 0 Å². The quantitative estimate of drug-likeness (QED) is 0.460. The number of alkyl carbamates (subject to hydrolysis) is 1. The smallest absolute Gasteiger partial charge is 0.471 e. The molecule has 0 bridgehead atoms. The van der Waals surface area contributed by atoms with Crippen LogP contribution < -0.4 is 16.0 Å². The van der Waals surface area contributed by atoms with Crippen molar-refractivity contribution in [2.75, 3.05) is 10.6 Å². The van der Waals surface area contributed by atoms with Gasteiger partial charge in [0, 0.05) is 17.8 Å². The maximum Gasteiger partial charge on any atom is 0.471 e. The molecule has 2 aromatic carbocycles. The van der Waals surface area contributed by atoms with Crippen LogP contribution in [0.1, 0.15) is 36.7 Å². The van der Waals surface area contributed by atoms with Crippen molar-refractivity contribution in [3.63, 3.8) is 0 Å². The second-order valence-electron chi connectivity index (χ2n) is 8.42. The molecule has 1 atom stereocenters. The number of aromatic carboxylic acids is 1. The highest BCUT2D eigenvalue weighted by atomic mass is 19.4. The van der Waals surface area contributed by atoms with Crippen molar-refractivity contribution in [3.8, 4) is 0 Å². The van der Waals surface area contributed by atoms with Crippen LogP contribution >= 0.6 is 0 Å². The SMILES string of the molecule is CC(C)(C)OC(=O)N[C@@H](Cc1ccc(NC(=O)C(F)(F)F)cc1)C(=O)Nc1ccc(C(=O)O)cc1. The number of anilines is 2. The number of carboxylic acids is 1. The minimum absolute atomic E-state index is 0.0177. The van der Waals surface area contributed by atoms with E-state index >= 15 is 0 Å². The van der Waals surface area contributed by atoms with Gasteiger partial charge in [-0.15, -0.1) is 0 Å². The Hall–Kier alpha value is -4.09. The predicted octanol–water partition coefficient (Wildman–Crippen LogP) is 3.96. The first-order valence-electron chi connectivity index (χ1n) is 10.2. The number of ether oxygens (including phenoxy) is 1. The summed E-state index contributed by atoms with van der Waals surface area (Å²) in [4.78, 5) is 47.2. The molecule has 188 valence electrons. The Balaban J connectivity index is 2.17. The lowest BCUT2D eigenvalue weighted by molar-refractivity contribution is -0.167. The third-order valence-corrected chi connectivity index (χ3v) is 4.32. The number of hydrogen-bond donors (Lipinski definition) is 4. The van der Waals surface area contributed by atoms with Gasteiger partial charge in [-0.1, -0.05) is 12.1 Å². The molecule has 3 amide bonds. The Bertz CT molecular complexity index is 1080. The largest absolute Gasteiger partial charge is 0.478 e. The molecule has 0 radical (unpaired) electrons. The second kappa shape index (κ2) is 10.9. The standard InChI is InChI=1S/C23H24F3N3O6/c1-22(2,3)35-21(34)29-17(18(30)27-15-10-6-14(7-11-15)19(31)32)12-13-4-8-16(9-5-13)28-20(33)23(24,25)26/h4-11,17H,12H2,1-3H3,(H,27,30)(H,28,33)(H,29,34)(H,31,32)/t17-/m0/s1. The first-order chi connectivity index (χ1) is 16.1. The van der Waals surface area contributed by atoms with Crippen LogP contribution in [0.25, 0.3) is 0 Å². The molecule has 9 nitrogen and oxygen atoms in total. The van der Waals surface area contributed by atoms with Crippen LogP contribution in [0.4, 0.5) is 29.3 Å². The molecule has 2 rings (SSSR count). The maximum atomic E-state index is 12.9. The molecular weight excluding hydrogens is 471 g/mol. The van der Waals surface area contributed by atoms with Gasteiger partial charge in [-0.2, -0.15) is 13.2 Å². The lowest BCUT2D eigenvalue weighted by atomic mass is 10.0. The number of benzene rings is 2. The van der Waals surface area contributed by atoms with Crippen LogP contribution in [-0.4, -0.2) is 46.8 Å². The molecule has 0 fully saturated rings. The summed E-state index contributed by atoms with van der Waals surface area (Å²) in [5.74, 6) is -3.90. The molecule has 0 unspecified atom stereocenters. The lowest BCUT2D eigenvalue weighted by Crippen LogP contribution is -2.47. The Labute approximate surface area is 198 Å². The molecule has 2 aromatic rings. The summed E-state index contributed by atoms with van der Waals surface area (Å²) in [7, 11) is 0. The van der Waals surface area contributed by atoms with Gasteiger partial charge in [0.15, 0.2) is 0 Å². The van der Waals surface area contributed by atoms with Gasteiger partial charge in [0.2, 0.25) is 5.91 Å². The number of nitrogens with one attached hydrogen (secondary N) is 3. The molecule has 0 spiro atoms. The number of halogens is 3. The number of carboxylic acid groups (broad SMARTS) is 1. The summed E-state index contributed by atoms with van der Waals surface area (Å²) >= 11 is 0. The van der Waals surface area contributed by atoms with E-state index in [1.807, 2.05) is 0 Å². The first kappa shape index (κ1) is 27.2. The minimum Gasteiger partial charge on any atom is -0.478 e. The van der Waals surface area contributed by atoms with Crippen LogP contribution in [0, 0.1) is 0 Å². The molecule has 0 saturated carbocycles.